The lowest BCUT2D eigenvalue weighted by Gasteiger charge is -2.08. The van der Waals surface area contributed by atoms with Crippen LogP contribution in [0.3, 0.4) is 0 Å². The molecule has 0 aliphatic carbocycles. The Balaban J connectivity index is 1.73. The number of nitrogen functional groups attached to an aromatic ring is 1. The number of aryl methyl sites for hydroxylation is 2. The van der Waals surface area contributed by atoms with Gasteiger partial charge in [0.2, 0.25) is 0 Å². The molecule has 4 heteroatoms. The van der Waals surface area contributed by atoms with Crippen LogP contribution < -0.4 is 5.73 Å². The summed E-state index contributed by atoms with van der Waals surface area (Å²) < 4.78 is 7.50. The van der Waals surface area contributed by atoms with Crippen LogP contribution in [-0.2, 0) is 11.3 Å². The summed E-state index contributed by atoms with van der Waals surface area (Å²) in [5.41, 5.74) is 7.43. The summed E-state index contributed by atoms with van der Waals surface area (Å²) in [4.78, 5) is 0. The van der Waals surface area contributed by atoms with E-state index < -0.39 is 0 Å². The topological polar surface area (TPSA) is 53.1 Å². The van der Waals surface area contributed by atoms with Crippen molar-refractivity contribution in [3.8, 4) is 0 Å². The van der Waals surface area contributed by atoms with Crippen LogP contribution in [0.15, 0.2) is 6.20 Å². The normalized spacial score (nSPS) is 21.0. The number of nitrogens with zero attached hydrogens (tertiary/aromatic N) is 2. The van der Waals surface area contributed by atoms with Crippen molar-refractivity contribution in [1.29, 1.82) is 0 Å². The van der Waals surface area contributed by atoms with Crippen molar-refractivity contribution >= 4 is 5.69 Å². The zero-order chi connectivity index (χ0) is 10.7. The Morgan fingerprint density at radius 3 is 3.13 bits per heavy atom. The standard InChI is InChI=1S/C11H19N3O/c1-9-11(12)8-14(13-9)6-2-4-10-5-3-7-15-10/h8,10H,2-7,12H2,1H3. The fourth-order valence-corrected chi connectivity index (χ4v) is 2.00. The molecule has 0 bridgehead atoms. The lowest BCUT2D eigenvalue weighted by Crippen LogP contribution is -2.07. The van der Waals surface area contributed by atoms with E-state index in [0.29, 0.717) is 6.10 Å². The fraction of sp³-hybridized carbons (Fsp3) is 0.727. The van der Waals surface area contributed by atoms with Gasteiger partial charge in [0.1, 0.15) is 0 Å². The third kappa shape index (κ3) is 2.72. The average molecular weight is 209 g/mol. The minimum absolute atomic E-state index is 0.485. The van der Waals surface area contributed by atoms with Crippen LogP contribution in [0.2, 0.25) is 0 Å². The molecule has 1 unspecified atom stereocenters. The van der Waals surface area contributed by atoms with Crippen molar-refractivity contribution in [2.45, 2.75) is 45.3 Å². The van der Waals surface area contributed by atoms with Gasteiger partial charge in [0, 0.05) is 19.3 Å². The van der Waals surface area contributed by atoms with Gasteiger partial charge in [0.25, 0.3) is 0 Å². The van der Waals surface area contributed by atoms with E-state index in [1.165, 1.54) is 12.8 Å². The first-order chi connectivity index (χ1) is 7.25. The molecule has 0 radical (unpaired) electrons. The van der Waals surface area contributed by atoms with Crippen LogP contribution >= 0.6 is 0 Å². The first-order valence-electron chi connectivity index (χ1n) is 5.67. The van der Waals surface area contributed by atoms with Crippen molar-refractivity contribution in [3.63, 3.8) is 0 Å². The molecule has 1 saturated heterocycles. The van der Waals surface area contributed by atoms with E-state index in [-0.39, 0.29) is 0 Å². The minimum atomic E-state index is 0.485. The quantitative estimate of drug-likeness (QED) is 0.821. The summed E-state index contributed by atoms with van der Waals surface area (Å²) in [7, 11) is 0. The molecular weight excluding hydrogens is 190 g/mol. The van der Waals surface area contributed by atoms with E-state index in [0.717, 1.165) is 37.4 Å². The Morgan fingerprint density at radius 1 is 1.67 bits per heavy atom. The highest BCUT2D eigenvalue weighted by Gasteiger charge is 2.14. The van der Waals surface area contributed by atoms with E-state index in [1.54, 1.807) is 0 Å². The molecule has 0 aromatic carbocycles. The predicted molar refractivity (Wildman–Crippen MR) is 59.6 cm³/mol. The second kappa shape index (κ2) is 4.66. The molecule has 1 atom stereocenters. The second-order valence-corrected chi connectivity index (χ2v) is 4.21. The van der Waals surface area contributed by atoms with Gasteiger partial charge < -0.3 is 10.5 Å². The number of hydrogen-bond acceptors (Lipinski definition) is 3. The lowest BCUT2D eigenvalue weighted by atomic mass is 10.1. The molecule has 0 amide bonds. The van der Waals surface area contributed by atoms with Crippen molar-refractivity contribution in [3.05, 3.63) is 11.9 Å². The van der Waals surface area contributed by atoms with Crippen LogP contribution in [0, 0.1) is 6.92 Å². The van der Waals surface area contributed by atoms with Crippen molar-refractivity contribution < 1.29 is 4.74 Å². The Hall–Kier alpha value is -1.03. The van der Waals surface area contributed by atoms with E-state index in [4.69, 9.17) is 10.5 Å². The molecule has 2 rings (SSSR count). The van der Waals surface area contributed by atoms with Gasteiger partial charge in [0.05, 0.1) is 17.5 Å². The summed E-state index contributed by atoms with van der Waals surface area (Å²) in [5.74, 6) is 0. The number of anilines is 1. The highest BCUT2D eigenvalue weighted by molar-refractivity contribution is 5.39. The van der Waals surface area contributed by atoms with Crippen molar-refractivity contribution in [2.75, 3.05) is 12.3 Å². The maximum atomic E-state index is 5.73. The molecule has 0 saturated carbocycles. The average Bonchev–Trinajstić information content (AvgIpc) is 2.79. The zero-order valence-electron chi connectivity index (χ0n) is 9.28. The van der Waals surface area contributed by atoms with Crippen molar-refractivity contribution in [2.24, 2.45) is 0 Å². The number of nitrogens with two attached hydrogens (primary N) is 1. The van der Waals surface area contributed by atoms with Crippen molar-refractivity contribution in [1.82, 2.24) is 9.78 Å². The summed E-state index contributed by atoms with van der Waals surface area (Å²) in [6.45, 7) is 3.82. The van der Waals surface area contributed by atoms with E-state index in [1.807, 2.05) is 17.8 Å². The maximum Gasteiger partial charge on any atom is 0.0822 e. The monoisotopic (exact) mass is 209 g/mol. The molecule has 1 aromatic rings. The fourth-order valence-electron chi connectivity index (χ4n) is 2.00. The summed E-state index contributed by atoms with van der Waals surface area (Å²) >= 11 is 0. The molecule has 2 heterocycles. The summed E-state index contributed by atoms with van der Waals surface area (Å²) in [6.07, 6.45) is 7.09. The Kier molecular flexibility index (Phi) is 3.26. The maximum absolute atomic E-state index is 5.73. The summed E-state index contributed by atoms with van der Waals surface area (Å²) in [5, 5.41) is 4.33. The van der Waals surface area contributed by atoms with E-state index in [2.05, 4.69) is 5.10 Å². The summed E-state index contributed by atoms with van der Waals surface area (Å²) in [6, 6.07) is 0. The van der Waals surface area contributed by atoms with Gasteiger partial charge in [-0.25, -0.2) is 0 Å². The molecule has 1 fully saturated rings. The van der Waals surface area contributed by atoms with E-state index >= 15 is 0 Å². The Bertz CT molecular complexity index is 296. The largest absolute Gasteiger partial charge is 0.396 e. The van der Waals surface area contributed by atoms with Gasteiger partial charge in [-0.2, -0.15) is 5.10 Å². The van der Waals surface area contributed by atoms with Crippen LogP contribution in [-0.4, -0.2) is 22.5 Å². The van der Waals surface area contributed by atoms with Crippen LogP contribution in [0.25, 0.3) is 0 Å². The van der Waals surface area contributed by atoms with Gasteiger partial charge in [-0.1, -0.05) is 0 Å². The molecule has 0 spiro atoms. The van der Waals surface area contributed by atoms with Gasteiger partial charge >= 0.3 is 0 Å². The Morgan fingerprint density at radius 2 is 2.53 bits per heavy atom. The molecule has 1 aliphatic rings. The molecule has 15 heavy (non-hydrogen) atoms. The minimum Gasteiger partial charge on any atom is -0.396 e. The van der Waals surface area contributed by atoms with Crippen LogP contribution in [0.1, 0.15) is 31.4 Å². The SMILES string of the molecule is Cc1nn(CCCC2CCCO2)cc1N. The van der Waals surface area contributed by atoms with Gasteiger partial charge in [-0.3, -0.25) is 4.68 Å². The molecule has 1 aromatic heterocycles. The molecule has 2 N–H and O–H groups in total. The van der Waals surface area contributed by atoms with Crippen LogP contribution in [0.4, 0.5) is 5.69 Å². The highest BCUT2D eigenvalue weighted by atomic mass is 16.5. The predicted octanol–water partition coefficient (Wildman–Crippen LogP) is 1.73. The van der Waals surface area contributed by atoms with E-state index in [9.17, 15) is 0 Å². The molecule has 4 nitrogen and oxygen atoms in total. The first kappa shape index (κ1) is 10.5. The highest BCUT2D eigenvalue weighted by Crippen LogP contribution is 2.17. The smallest absolute Gasteiger partial charge is 0.0822 e. The lowest BCUT2D eigenvalue weighted by molar-refractivity contribution is 0.101. The Labute approximate surface area is 90.4 Å². The second-order valence-electron chi connectivity index (χ2n) is 4.21. The molecular formula is C11H19N3O. The number of hydrogen-bond donors (Lipinski definition) is 1. The first-order valence-corrected chi connectivity index (χ1v) is 5.67. The number of ether oxygens (including phenoxy) is 1. The molecule has 84 valence electrons. The van der Waals surface area contributed by atoms with Crippen LogP contribution in [0.5, 0.6) is 0 Å². The zero-order valence-corrected chi connectivity index (χ0v) is 9.28. The third-order valence-electron chi connectivity index (χ3n) is 2.92. The van der Waals surface area contributed by atoms with Gasteiger partial charge in [0.15, 0.2) is 0 Å². The van der Waals surface area contributed by atoms with Gasteiger partial charge in [-0.05, 0) is 32.6 Å². The van der Waals surface area contributed by atoms with Gasteiger partial charge in [-0.15, -0.1) is 0 Å². The number of aromatic nitrogens is 2. The number of rotatable bonds is 4. The third-order valence-corrected chi connectivity index (χ3v) is 2.92. The molecule has 1 aliphatic heterocycles.